The molecule has 2 aromatic carbocycles. The Balaban J connectivity index is 0.00000280. The van der Waals surface area contributed by atoms with Gasteiger partial charge in [0, 0.05) is 49.0 Å². The summed E-state index contributed by atoms with van der Waals surface area (Å²) in [6.07, 6.45) is 0. The van der Waals surface area contributed by atoms with Crippen molar-refractivity contribution in [2.75, 3.05) is 31.6 Å². The molecule has 1 amide bonds. The molecular weight excluding hydrogens is 424 g/mol. The number of likely N-dealkylation sites (N-methyl/N-ethyl adjacent to an activating group) is 1. The first-order valence-electron chi connectivity index (χ1n) is 8.79. The number of rotatable bonds is 4. The number of carbonyl (C=O) groups is 1. The van der Waals surface area contributed by atoms with Crippen molar-refractivity contribution in [1.82, 2.24) is 10.2 Å². The summed E-state index contributed by atoms with van der Waals surface area (Å²) < 4.78 is 13.5. The van der Waals surface area contributed by atoms with Gasteiger partial charge >= 0.3 is 0 Å². The maximum absolute atomic E-state index is 13.5. The van der Waals surface area contributed by atoms with E-state index in [1.54, 1.807) is 36.2 Å². The van der Waals surface area contributed by atoms with Gasteiger partial charge in [-0.25, -0.2) is 4.39 Å². The van der Waals surface area contributed by atoms with Gasteiger partial charge < -0.3 is 15.1 Å². The lowest BCUT2D eigenvalue weighted by Crippen LogP contribution is -2.58. The number of anilines is 1. The zero-order valence-corrected chi connectivity index (χ0v) is 18.0. The van der Waals surface area contributed by atoms with Crippen molar-refractivity contribution in [2.45, 2.75) is 19.5 Å². The van der Waals surface area contributed by atoms with Crippen molar-refractivity contribution >= 4 is 47.2 Å². The van der Waals surface area contributed by atoms with E-state index >= 15 is 0 Å². The molecule has 28 heavy (non-hydrogen) atoms. The summed E-state index contributed by atoms with van der Waals surface area (Å²) in [5.74, 6) is -0.302. The van der Waals surface area contributed by atoms with E-state index < -0.39 is 0 Å². The highest BCUT2D eigenvalue weighted by Crippen LogP contribution is 2.26. The number of hydrogen-bond acceptors (Lipinski definition) is 3. The second-order valence-electron chi connectivity index (χ2n) is 6.77. The van der Waals surface area contributed by atoms with E-state index in [1.807, 2.05) is 11.8 Å². The van der Waals surface area contributed by atoms with Crippen molar-refractivity contribution in [1.29, 1.82) is 0 Å². The Morgan fingerprint density at radius 3 is 2.75 bits per heavy atom. The molecule has 1 aliphatic heterocycles. The van der Waals surface area contributed by atoms with Crippen molar-refractivity contribution in [3.8, 4) is 0 Å². The summed E-state index contributed by atoms with van der Waals surface area (Å²) in [6.45, 7) is 4.20. The Labute approximate surface area is 181 Å². The van der Waals surface area contributed by atoms with Crippen LogP contribution in [-0.2, 0) is 11.3 Å². The Hall–Kier alpha value is -1.53. The average Bonchev–Trinajstić information content (AvgIpc) is 2.64. The lowest BCUT2D eigenvalue weighted by molar-refractivity contribution is -0.132. The second-order valence-corrected chi connectivity index (χ2v) is 7.62. The van der Waals surface area contributed by atoms with E-state index in [2.05, 4.69) is 5.32 Å². The normalized spacial score (nSPS) is 16.5. The highest BCUT2D eigenvalue weighted by atomic mass is 35.5. The number of nitrogens with one attached hydrogen (secondary N) is 1. The minimum absolute atomic E-state index is 0. The zero-order chi connectivity index (χ0) is 19.6. The lowest BCUT2D eigenvalue weighted by atomic mass is 10.1. The molecule has 2 aromatic rings. The van der Waals surface area contributed by atoms with Crippen LogP contribution in [0.1, 0.15) is 11.1 Å². The van der Waals surface area contributed by atoms with Gasteiger partial charge in [0.05, 0.1) is 0 Å². The molecule has 0 saturated carbocycles. The molecule has 0 aliphatic carbocycles. The molecule has 0 aromatic heterocycles. The number of benzene rings is 2. The van der Waals surface area contributed by atoms with Crippen LogP contribution in [0.4, 0.5) is 10.1 Å². The van der Waals surface area contributed by atoms with E-state index in [1.165, 1.54) is 12.1 Å². The van der Waals surface area contributed by atoms with Gasteiger partial charge in [-0.05, 0) is 54.4 Å². The van der Waals surface area contributed by atoms with E-state index in [0.717, 1.165) is 23.4 Å². The number of carbonyl (C=O) groups excluding carboxylic acids is 1. The largest absolute Gasteiger partial charge is 0.357 e. The van der Waals surface area contributed by atoms with E-state index in [0.29, 0.717) is 29.7 Å². The van der Waals surface area contributed by atoms with Crippen molar-refractivity contribution in [3.05, 3.63) is 63.4 Å². The summed E-state index contributed by atoms with van der Waals surface area (Å²) in [6, 6.07) is 9.52. The van der Waals surface area contributed by atoms with Gasteiger partial charge in [-0.3, -0.25) is 4.79 Å². The van der Waals surface area contributed by atoms with Crippen LogP contribution in [0.5, 0.6) is 0 Å². The third-order valence-corrected chi connectivity index (χ3v) is 5.39. The minimum atomic E-state index is -0.370. The SMILES string of the molecule is Cc1cc(F)ccc1N1CCNCC1C(=O)N(C)Cc1cc(Cl)ccc1Cl.Cl. The van der Waals surface area contributed by atoms with Crippen LogP contribution in [0.15, 0.2) is 36.4 Å². The minimum Gasteiger partial charge on any atom is -0.357 e. The van der Waals surface area contributed by atoms with Crippen LogP contribution in [0.3, 0.4) is 0 Å². The first kappa shape index (κ1) is 22.8. The molecule has 8 heteroatoms. The molecule has 1 N–H and O–H groups in total. The average molecular weight is 447 g/mol. The zero-order valence-electron chi connectivity index (χ0n) is 15.7. The molecule has 1 saturated heterocycles. The maximum Gasteiger partial charge on any atom is 0.246 e. The highest BCUT2D eigenvalue weighted by molar-refractivity contribution is 6.33. The molecule has 1 unspecified atom stereocenters. The van der Waals surface area contributed by atoms with Gasteiger partial charge in [0.1, 0.15) is 11.9 Å². The van der Waals surface area contributed by atoms with Crippen LogP contribution in [0.2, 0.25) is 10.0 Å². The number of aryl methyl sites for hydroxylation is 1. The lowest BCUT2D eigenvalue weighted by Gasteiger charge is -2.39. The van der Waals surface area contributed by atoms with Crippen molar-refractivity contribution < 1.29 is 9.18 Å². The number of amides is 1. The number of nitrogens with zero attached hydrogens (tertiary/aromatic N) is 2. The molecule has 3 rings (SSSR count). The third-order valence-electron chi connectivity index (χ3n) is 4.79. The smallest absolute Gasteiger partial charge is 0.246 e. The predicted molar refractivity (Wildman–Crippen MR) is 115 cm³/mol. The monoisotopic (exact) mass is 445 g/mol. The molecule has 1 atom stereocenters. The Morgan fingerprint density at radius 1 is 1.29 bits per heavy atom. The molecule has 1 fully saturated rings. The molecule has 0 radical (unpaired) electrons. The topological polar surface area (TPSA) is 35.6 Å². The van der Waals surface area contributed by atoms with E-state index in [9.17, 15) is 9.18 Å². The van der Waals surface area contributed by atoms with Gasteiger partial charge in [-0.2, -0.15) is 0 Å². The van der Waals surface area contributed by atoms with Crippen molar-refractivity contribution in [3.63, 3.8) is 0 Å². The summed E-state index contributed by atoms with van der Waals surface area (Å²) in [7, 11) is 1.75. The fraction of sp³-hybridized carbons (Fsp3) is 0.350. The Morgan fingerprint density at radius 2 is 2.04 bits per heavy atom. The predicted octanol–water partition coefficient (Wildman–Crippen LogP) is 4.30. The fourth-order valence-electron chi connectivity index (χ4n) is 3.41. The summed E-state index contributed by atoms with van der Waals surface area (Å²) in [5, 5.41) is 4.43. The first-order chi connectivity index (χ1) is 12.9. The maximum atomic E-state index is 13.5. The van der Waals surface area contributed by atoms with Crippen LogP contribution >= 0.6 is 35.6 Å². The molecule has 1 aliphatic rings. The van der Waals surface area contributed by atoms with Crippen LogP contribution in [-0.4, -0.2) is 43.5 Å². The first-order valence-corrected chi connectivity index (χ1v) is 9.55. The highest BCUT2D eigenvalue weighted by Gasteiger charge is 2.31. The number of halogens is 4. The summed E-state index contributed by atoms with van der Waals surface area (Å²) in [4.78, 5) is 16.9. The summed E-state index contributed by atoms with van der Waals surface area (Å²) in [5.41, 5.74) is 2.49. The quantitative estimate of drug-likeness (QED) is 0.760. The van der Waals surface area contributed by atoms with Gasteiger partial charge in [-0.1, -0.05) is 23.2 Å². The van der Waals surface area contributed by atoms with E-state index in [-0.39, 0.29) is 30.2 Å². The number of hydrogen-bond donors (Lipinski definition) is 1. The van der Waals surface area contributed by atoms with Gasteiger partial charge in [0.2, 0.25) is 5.91 Å². The van der Waals surface area contributed by atoms with Gasteiger partial charge in [0.15, 0.2) is 0 Å². The van der Waals surface area contributed by atoms with Gasteiger partial charge in [-0.15, -0.1) is 12.4 Å². The second kappa shape index (κ2) is 9.79. The van der Waals surface area contributed by atoms with E-state index in [4.69, 9.17) is 23.2 Å². The molecule has 1 heterocycles. The number of piperazine rings is 1. The molecule has 0 bridgehead atoms. The van der Waals surface area contributed by atoms with Crippen LogP contribution < -0.4 is 10.2 Å². The molecule has 152 valence electrons. The fourth-order valence-corrected chi connectivity index (χ4v) is 3.78. The Kier molecular flexibility index (Phi) is 7.96. The Bertz CT molecular complexity index is 849. The molecule has 4 nitrogen and oxygen atoms in total. The molecule has 0 spiro atoms. The van der Waals surface area contributed by atoms with Crippen molar-refractivity contribution in [2.24, 2.45) is 0 Å². The summed E-state index contributed by atoms with van der Waals surface area (Å²) >= 11 is 12.3. The standard InChI is InChI=1S/C20H22Cl2FN3O.ClH/c1-13-9-16(23)4-6-18(13)26-8-7-24-11-19(26)20(27)25(2)12-14-10-15(21)3-5-17(14)22;/h3-6,9-10,19,24H,7-8,11-12H2,1-2H3;1H. The molecular formula is C20H23Cl3FN3O. The van der Waals surface area contributed by atoms with Crippen LogP contribution in [0, 0.1) is 12.7 Å². The van der Waals surface area contributed by atoms with Crippen LogP contribution in [0.25, 0.3) is 0 Å². The third kappa shape index (κ3) is 5.09. The van der Waals surface area contributed by atoms with Gasteiger partial charge in [0.25, 0.3) is 0 Å².